The second kappa shape index (κ2) is 58.4. The molecule has 0 atom stereocenters. The molecule has 0 unspecified atom stereocenters. The largest absolute Gasteiger partial charge is 1.00 e. The van der Waals surface area contributed by atoms with Gasteiger partial charge in [-0.3, -0.25) is 79.9 Å². The quantitative estimate of drug-likeness (QED) is 0.0134. The Hall–Kier alpha value is -8.50. The third-order valence-corrected chi connectivity index (χ3v) is 18.3. The van der Waals surface area contributed by atoms with Gasteiger partial charge < -0.3 is 81.3 Å². The van der Waals surface area contributed by atoms with Crippen molar-refractivity contribution in [3.63, 3.8) is 0 Å². The van der Waals surface area contributed by atoms with E-state index in [9.17, 15) is 119 Å². The molecule has 0 aliphatic heterocycles. The molecule has 129 heavy (non-hydrogen) atoms. The summed E-state index contributed by atoms with van der Waals surface area (Å²) in [5, 5.41) is 111. The van der Waals surface area contributed by atoms with Gasteiger partial charge >= 0.3 is 257 Å². The monoisotopic (exact) mass is 1900 g/mol. The number of hydrogen-bond donors (Lipinski definition) is 4. The number of nitro benzene ring substituents is 6. The smallest absolute Gasteiger partial charge is 0.870 e. The van der Waals surface area contributed by atoms with Crippen molar-refractivity contribution in [2.45, 2.75) is 49.8 Å². The summed E-state index contributed by atoms with van der Waals surface area (Å²) < 4.78 is 0. The molecule has 11 aromatic carbocycles. The van der Waals surface area contributed by atoms with Crippen LogP contribution in [0.5, 0.6) is 0 Å². The van der Waals surface area contributed by atoms with Crippen molar-refractivity contribution >= 4 is 134 Å². The van der Waals surface area contributed by atoms with Crippen molar-refractivity contribution in [3.05, 3.63) is 369 Å². The standard InChI is InChI=1S/C24H20N4O8.C16H14N3O4.C15H14N2O4S.C15H11N2O4.C15H13NO4.5K.2H2O/c1-13-5-3-7-16(9-13)25-22(29)21(23(30)26-17-8-4-6-14(2)10-17)20-18(27(33)34)11-15(24(31)32)12-19(20)28(35)36;1-18(2)13-7-4-6-12(9-13)17-16(21)15-11(10-20)5-3-8-14(15)19(22)23;1-16(2)10-3-6-12(7-4-10)22-14-8-5-11(17(20)21)9-13(14)15(18)19;1-10-4-2-5-11(8-10)16-15(19)12-6-3-7-14(17(20)21)13(12)9-18;1-10-3-2-4-11(7-10)8-12-5-6-13(15(17)18)9-14(12)16(19)20;;;;;;;/h3-12,21H,1-2H3,(H,25,29)(H,26,30)(H,31,32);3-9H,1-2H3,(H,17,21);3-9H,1-2H3,(H,18,19);2-8H,1H3,(H,16,19);2-7,9H,8H2,1H3,(H,17,18);;;;;;2*1H2/q;-1;;-1;;5*+1;;/p-5. The second-order valence-corrected chi connectivity index (χ2v) is 27.6. The summed E-state index contributed by atoms with van der Waals surface area (Å²) in [6, 6.07) is 58.4. The fourth-order valence-corrected chi connectivity index (χ4v) is 12.4. The van der Waals surface area contributed by atoms with Gasteiger partial charge in [0.2, 0.25) is 29.3 Å². The first-order valence-electron chi connectivity index (χ1n) is 35.5. The third kappa shape index (κ3) is 36.2. The Labute approximate surface area is 952 Å². The van der Waals surface area contributed by atoms with Crippen LogP contribution in [0.4, 0.5) is 68.2 Å². The predicted octanol–water partition coefficient (Wildman–Crippen LogP) is -3.47. The van der Waals surface area contributed by atoms with Crippen LogP contribution in [-0.2, 0) is 25.6 Å². The maximum Gasteiger partial charge on any atom is 1.00 e. The Bertz CT molecular complexity index is 5860. The molecule has 38 nitrogen and oxygen atoms in total. The van der Waals surface area contributed by atoms with E-state index in [2.05, 4.69) is 21.3 Å². The Morgan fingerprint density at radius 3 is 1.25 bits per heavy atom. The molecular weight excluding hydrogens is 1830 g/mol. The molecule has 640 valence electrons. The van der Waals surface area contributed by atoms with E-state index in [0.717, 1.165) is 62.3 Å². The fourth-order valence-electron chi connectivity index (χ4n) is 11.4. The first-order valence-corrected chi connectivity index (χ1v) is 36.3. The Morgan fingerprint density at radius 2 is 0.814 bits per heavy atom. The molecular formula is C85H71K5N12O26S-2. The van der Waals surface area contributed by atoms with Gasteiger partial charge in [-0.1, -0.05) is 113 Å². The average Bonchev–Trinajstić information content (AvgIpc) is 0.764. The predicted molar refractivity (Wildman–Crippen MR) is 448 cm³/mol. The van der Waals surface area contributed by atoms with E-state index in [1.807, 2.05) is 113 Å². The summed E-state index contributed by atoms with van der Waals surface area (Å²) in [5.41, 5.74) is 1.79. The van der Waals surface area contributed by atoms with E-state index in [-0.39, 0.29) is 324 Å². The van der Waals surface area contributed by atoms with Gasteiger partial charge in [0.15, 0.2) is 11.6 Å². The summed E-state index contributed by atoms with van der Waals surface area (Å²) in [6.07, 6.45) is 3.41. The number of amides is 4. The van der Waals surface area contributed by atoms with Gasteiger partial charge in [-0.15, -0.1) is 17.7 Å². The molecule has 0 bridgehead atoms. The molecule has 11 aromatic rings. The summed E-state index contributed by atoms with van der Waals surface area (Å²) in [7, 11) is 7.55. The van der Waals surface area contributed by atoms with Crippen molar-refractivity contribution in [1.82, 2.24) is 0 Å². The van der Waals surface area contributed by atoms with Gasteiger partial charge in [0, 0.05) is 147 Å². The Kier molecular flexibility index (Phi) is 54.6. The molecule has 6 N–H and O–H groups in total. The molecule has 0 saturated carbocycles. The zero-order valence-electron chi connectivity index (χ0n) is 71.4. The van der Waals surface area contributed by atoms with Gasteiger partial charge in [0.05, 0.1) is 50.2 Å². The number of aromatic carboxylic acids is 3. The van der Waals surface area contributed by atoms with Crippen LogP contribution < -0.4 is 303 Å². The number of carbonyl (C=O) groups excluding carboxylic acids is 9. The number of nitrogens with zero attached hydrogens (tertiary/aromatic N) is 8. The molecule has 0 saturated heterocycles. The molecule has 4 amide bonds. The zero-order valence-corrected chi connectivity index (χ0v) is 87.8. The van der Waals surface area contributed by atoms with E-state index in [0.29, 0.717) is 40.4 Å². The second-order valence-electron chi connectivity index (χ2n) is 26.5. The minimum Gasteiger partial charge on any atom is -0.870 e. The van der Waals surface area contributed by atoms with Crippen LogP contribution >= 0.6 is 11.8 Å². The van der Waals surface area contributed by atoms with Gasteiger partial charge in [0.25, 0.3) is 22.7 Å². The molecule has 11 rings (SSSR count). The minimum absolute atomic E-state index is 0. The first-order chi connectivity index (χ1) is 57.8. The van der Waals surface area contributed by atoms with Gasteiger partial charge in [-0.2, -0.15) is 6.07 Å². The molecule has 0 radical (unpaired) electrons. The number of carbonyl (C=O) groups is 7. The molecule has 0 heterocycles. The van der Waals surface area contributed by atoms with Crippen LogP contribution in [-0.4, -0.2) is 123 Å². The fraction of sp³-hybridized carbons (Fsp3) is 0.118. The molecule has 0 spiro atoms. The van der Waals surface area contributed by atoms with Crippen molar-refractivity contribution in [2.24, 2.45) is 0 Å². The SMILES string of the molecule is CN(C)c1ccc(Sc2ccc([N+](=O)[O-])cc2C(=O)[O-])cc1.CN(C)c1cccc(NC(=O)c2c([C-]=O)cccc2[N+](=O)[O-])c1.Cc1cccc(Cc2ccc(C(=O)[O-])cc2[N+](=O)[O-])c1.Cc1cccc(NC(=O)C(C(=O)Nc2cccc(C)c2)c2c([N+](=O)[O-])cc(C(=O)[O-])cc2[N+](=O)[O-])c1.Cc1cccc(NC(=O)c2cccc([N+](=O)[O-])c2[C-]=O)c1.[K+].[K+].[K+].[K+].[K+].[OH-].[OH-]. The number of carboxylic acids is 3. The number of benzene rings is 11. The van der Waals surface area contributed by atoms with E-state index in [1.165, 1.54) is 84.8 Å². The van der Waals surface area contributed by atoms with Crippen molar-refractivity contribution < 1.29 is 356 Å². The van der Waals surface area contributed by atoms with Crippen molar-refractivity contribution in [3.8, 4) is 0 Å². The maximum absolute atomic E-state index is 13.3. The van der Waals surface area contributed by atoms with E-state index in [4.69, 9.17) is 0 Å². The number of aryl methyl sites for hydroxylation is 4. The number of anilines is 6. The zero-order chi connectivity index (χ0) is 89.9. The van der Waals surface area contributed by atoms with Gasteiger partial charge in [-0.05, 0) is 147 Å². The molecule has 0 aliphatic rings. The summed E-state index contributed by atoms with van der Waals surface area (Å²) in [6.45, 7) is 7.29. The number of hydrogen-bond acceptors (Lipinski definition) is 29. The first kappa shape index (κ1) is 121. The van der Waals surface area contributed by atoms with Gasteiger partial charge in [-0.25, -0.2) is 0 Å². The topological polar surface area (TPSA) is 596 Å². The molecule has 0 aromatic heterocycles. The summed E-state index contributed by atoms with van der Waals surface area (Å²) >= 11 is 1.22. The van der Waals surface area contributed by atoms with Crippen LogP contribution in [0.25, 0.3) is 0 Å². The molecule has 0 aliphatic carbocycles. The number of nitro groups is 6. The minimum atomic E-state index is -2.09. The van der Waals surface area contributed by atoms with Crippen molar-refractivity contribution in [1.29, 1.82) is 0 Å². The van der Waals surface area contributed by atoms with Crippen LogP contribution in [0.2, 0.25) is 0 Å². The third-order valence-electron chi connectivity index (χ3n) is 17.2. The number of carboxylic acid groups (broad SMARTS) is 3. The Morgan fingerprint density at radius 1 is 0.388 bits per heavy atom. The van der Waals surface area contributed by atoms with Crippen molar-refractivity contribution in [2.75, 3.05) is 59.3 Å². The maximum atomic E-state index is 13.3. The van der Waals surface area contributed by atoms with E-state index >= 15 is 0 Å². The summed E-state index contributed by atoms with van der Waals surface area (Å²) in [5.74, 6) is -10.4. The van der Waals surface area contributed by atoms with Crippen LogP contribution in [0.15, 0.2) is 240 Å². The average molecular weight is 1900 g/mol. The Balaban J connectivity index is 0.00000160. The normalized spacial score (nSPS) is 9.68. The van der Waals surface area contributed by atoms with E-state index in [1.54, 1.807) is 92.9 Å². The van der Waals surface area contributed by atoms with Crippen LogP contribution in [0, 0.1) is 88.4 Å². The summed E-state index contributed by atoms with van der Waals surface area (Å²) in [4.78, 5) is 174. The van der Waals surface area contributed by atoms with Crippen LogP contribution in [0.1, 0.15) is 108 Å². The number of nitrogens with one attached hydrogen (secondary N) is 4. The number of rotatable bonds is 26. The molecule has 44 heteroatoms. The molecule has 0 fully saturated rings. The van der Waals surface area contributed by atoms with Crippen LogP contribution in [0.3, 0.4) is 0 Å². The van der Waals surface area contributed by atoms with E-state index < -0.39 is 111 Å². The number of non-ortho nitro benzene ring substituents is 1. The van der Waals surface area contributed by atoms with Gasteiger partial charge in [0.1, 0.15) is 5.56 Å².